The Kier molecular flexibility index (Phi) is 3.79. The van der Waals surface area contributed by atoms with Crippen LogP contribution in [0.1, 0.15) is 30.3 Å². The van der Waals surface area contributed by atoms with Crippen LogP contribution in [0.3, 0.4) is 0 Å². The summed E-state index contributed by atoms with van der Waals surface area (Å²) >= 11 is 1.66. The standard InChI is InChI=1S/C17H19N3O2S/c1-3-15-18-16(12-6-9-23-17(12)19-15)20-7-8-21-10-13(20)14-5-4-11(2)22-14/h4-6,9,13H,3,7-8,10H2,1-2H3. The number of furan rings is 1. The first-order valence-electron chi connectivity index (χ1n) is 7.91. The summed E-state index contributed by atoms with van der Waals surface area (Å²) in [6.45, 7) is 6.17. The molecule has 0 amide bonds. The van der Waals surface area contributed by atoms with Crippen molar-refractivity contribution in [2.75, 3.05) is 24.7 Å². The number of anilines is 1. The average molecular weight is 329 g/mol. The summed E-state index contributed by atoms with van der Waals surface area (Å²) in [4.78, 5) is 12.8. The Bertz CT molecular complexity index is 826. The molecule has 1 atom stereocenters. The number of rotatable bonds is 3. The maximum Gasteiger partial charge on any atom is 0.141 e. The van der Waals surface area contributed by atoms with Crippen LogP contribution < -0.4 is 4.90 Å². The van der Waals surface area contributed by atoms with Crippen molar-refractivity contribution in [3.05, 3.63) is 40.9 Å². The molecule has 120 valence electrons. The number of hydrogen-bond acceptors (Lipinski definition) is 6. The van der Waals surface area contributed by atoms with Crippen LogP contribution in [0, 0.1) is 6.92 Å². The molecule has 5 nitrogen and oxygen atoms in total. The van der Waals surface area contributed by atoms with Crippen LogP contribution >= 0.6 is 11.3 Å². The lowest BCUT2D eigenvalue weighted by atomic mass is 10.1. The highest BCUT2D eigenvalue weighted by Crippen LogP contribution is 2.35. The van der Waals surface area contributed by atoms with Gasteiger partial charge >= 0.3 is 0 Å². The van der Waals surface area contributed by atoms with E-state index in [1.807, 2.05) is 19.1 Å². The maximum atomic E-state index is 5.86. The fourth-order valence-electron chi connectivity index (χ4n) is 2.99. The van der Waals surface area contributed by atoms with E-state index < -0.39 is 0 Å². The Hall–Kier alpha value is -1.92. The zero-order valence-electron chi connectivity index (χ0n) is 13.3. The van der Waals surface area contributed by atoms with Crippen molar-refractivity contribution in [1.82, 2.24) is 9.97 Å². The minimum absolute atomic E-state index is 0.0557. The number of aromatic nitrogens is 2. The number of aryl methyl sites for hydroxylation is 2. The van der Waals surface area contributed by atoms with Crippen molar-refractivity contribution >= 4 is 27.4 Å². The van der Waals surface area contributed by atoms with Gasteiger partial charge in [-0.15, -0.1) is 11.3 Å². The number of morpholine rings is 1. The molecule has 3 aromatic rings. The summed E-state index contributed by atoms with van der Waals surface area (Å²) in [7, 11) is 0. The zero-order valence-corrected chi connectivity index (χ0v) is 14.1. The monoisotopic (exact) mass is 329 g/mol. The topological polar surface area (TPSA) is 51.4 Å². The first-order chi connectivity index (χ1) is 11.3. The van der Waals surface area contributed by atoms with Crippen molar-refractivity contribution < 1.29 is 9.15 Å². The summed E-state index contributed by atoms with van der Waals surface area (Å²) < 4.78 is 11.6. The second-order valence-corrected chi connectivity index (χ2v) is 6.58. The molecule has 1 aliphatic heterocycles. The van der Waals surface area contributed by atoms with Crippen LogP contribution in [0.4, 0.5) is 5.82 Å². The minimum Gasteiger partial charge on any atom is -0.464 e. The Morgan fingerprint density at radius 1 is 1.30 bits per heavy atom. The van der Waals surface area contributed by atoms with E-state index in [1.165, 1.54) is 0 Å². The van der Waals surface area contributed by atoms with Crippen LogP contribution in [0.15, 0.2) is 28.0 Å². The molecule has 0 aliphatic carbocycles. The summed E-state index contributed by atoms with van der Waals surface area (Å²) in [5.41, 5.74) is 0. The second-order valence-electron chi connectivity index (χ2n) is 5.69. The molecule has 0 radical (unpaired) electrons. The van der Waals surface area contributed by atoms with Gasteiger partial charge in [-0.05, 0) is 30.5 Å². The van der Waals surface area contributed by atoms with E-state index in [1.54, 1.807) is 11.3 Å². The molecular formula is C17H19N3O2S. The lowest BCUT2D eigenvalue weighted by molar-refractivity contribution is 0.0871. The fraction of sp³-hybridized carbons (Fsp3) is 0.412. The van der Waals surface area contributed by atoms with Crippen LogP contribution in [0.25, 0.3) is 10.2 Å². The Morgan fingerprint density at radius 3 is 3.00 bits per heavy atom. The van der Waals surface area contributed by atoms with E-state index in [0.717, 1.165) is 46.3 Å². The number of fused-ring (bicyclic) bond motifs is 1. The zero-order chi connectivity index (χ0) is 15.8. The summed E-state index contributed by atoms with van der Waals surface area (Å²) in [6, 6.07) is 6.20. The molecular weight excluding hydrogens is 310 g/mol. The van der Waals surface area contributed by atoms with Gasteiger partial charge in [-0.25, -0.2) is 9.97 Å². The van der Waals surface area contributed by atoms with E-state index in [0.29, 0.717) is 13.2 Å². The lowest BCUT2D eigenvalue weighted by Crippen LogP contribution is -2.40. The number of hydrogen-bond donors (Lipinski definition) is 0. The highest BCUT2D eigenvalue weighted by molar-refractivity contribution is 7.16. The second kappa shape index (κ2) is 5.94. The van der Waals surface area contributed by atoms with E-state index >= 15 is 0 Å². The van der Waals surface area contributed by atoms with Gasteiger partial charge in [0.1, 0.15) is 34.0 Å². The van der Waals surface area contributed by atoms with E-state index in [2.05, 4.69) is 28.3 Å². The van der Waals surface area contributed by atoms with Crippen molar-refractivity contribution in [1.29, 1.82) is 0 Å². The number of nitrogens with zero attached hydrogens (tertiary/aromatic N) is 3. The molecule has 4 heterocycles. The molecule has 1 aliphatic rings. The van der Waals surface area contributed by atoms with Gasteiger partial charge in [0.2, 0.25) is 0 Å². The smallest absolute Gasteiger partial charge is 0.141 e. The van der Waals surface area contributed by atoms with E-state index in [9.17, 15) is 0 Å². The van der Waals surface area contributed by atoms with Gasteiger partial charge in [-0.3, -0.25) is 0 Å². The molecule has 0 saturated carbocycles. The quantitative estimate of drug-likeness (QED) is 0.733. The summed E-state index contributed by atoms with van der Waals surface area (Å²) in [6.07, 6.45) is 0.829. The third kappa shape index (κ3) is 2.62. The van der Waals surface area contributed by atoms with Gasteiger partial charge in [0.25, 0.3) is 0 Å². The fourth-order valence-corrected chi connectivity index (χ4v) is 3.76. The molecule has 0 aromatic carbocycles. The van der Waals surface area contributed by atoms with Crippen LogP contribution in [-0.4, -0.2) is 29.7 Å². The Morgan fingerprint density at radius 2 is 2.22 bits per heavy atom. The van der Waals surface area contributed by atoms with Crippen molar-refractivity contribution in [2.24, 2.45) is 0 Å². The Labute approximate surface area is 138 Å². The molecule has 1 saturated heterocycles. The third-order valence-corrected chi connectivity index (χ3v) is 4.96. The van der Waals surface area contributed by atoms with Gasteiger partial charge in [-0.2, -0.15) is 0 Å². The molecule has 1 unspecified atom stereocenters. The van der Waals surface area contributed by atoms with Crippen LogP contribution in [0.5, 0.6) is 0 Å². The molecule has 0 spiro atoms. The molecule has 6 heteroatoms. The number of ether oxygens (including phenoxy) is 1. The van der Waals surface area contributed by atoms with Gasteiger partial charge < -0.3 is 14.1 Å². The molecule has 1 fully saturated rings. The van der Waals surface area contributed by atoms with Crippen molar-refractivity contribution in [3.63, 3.8) is 0 Å². The van der Waals surface area contributed by atoms with E-state index in [-0.39, 0.29) is 6.04 Å². The molecule has 0 bridgehead atoms. The highest BCUT2D eigenvalue weighted by atomic mass is 32.1. The molecule has 0 N–H and O–H groups in total. The molecule has 3 aromatic heterocycles. The SMILES string of the molecule is CCc1nc(N2CCOCC2c2ccc(C)o2)c2ccsc2n1. The average Bonchev–Trinajstić information content (AvgIpc) is 3.22. The summed E-state index contributed by atoms with van der Waals surface area (Å²) in [5, 5.41) is 3.19. The maximum absolute atomic E-state index is 5.86. The van der Waals surface area contributed by atoms with Crippen LogP contribution in [0.2, 0.25) is 0 Å². The third-order valence-electron chi connectivity index (χ3n) is 4.16. The molecule has 4 rings (SSSR count). The predicted octanol–water partition coefficient (Wildman–Crippen LogP) is 3.73. The number of thiophene rings is 1. The first-order valence-corrected chi connectivity index (χ1v) is 8.79. The predicted molar refractivity (Wildman–Crippen MR) is 91.1 cm³/mol. The van der Waals surface area contributed by atoms with Gasteiger partial charge in [-0.1, -0.05) is 6.92 Å². The Balaban J connectivity index is 1.82. The minimum atomic E-state index is 0.0557. The van der Waals surface area contributed by atoms with Gasteiger partial charge in [0.15, 0.2) is 0 Å². The highest BCUT2D eigenvalue weighted by Gasteiger charge is 2.30. The lowest BCUT2D eigenvalue weighted by Gasteiger charge is -2.35. The summed E-state index contributed by atoms with van der Waals surface area (Å²) in [5.74, 6) is 3.73. The largest absolute Gasteiger partial charge is 0.464 e. The van der Waals surface area contributed by atoms with Crippen LogP contribution in [-0.2, 0) is 11.2 Å². The first kappa shape index (κ1) is 14.7. The normalized spacial score (nSPS) is 18.7. The van der Waals surface area contributed by atoms with Gasteiger partial charge in [0.05, 0.1) is 18.6 Å². The van der Waals surface area contributed by atoms with Crippen molar-refractivity contribution in [2.45, 2.75) is 26.3 Å². The molecule has 23 heavy (non-hydrogen) atoms. The van der Waals surface area contributed by atoms with Crippen molar-refractivity contribution in [3.8, 4) is 0 Å². The van der Waals surface area contributed by atoms with Gasteiger partial charge in [0, 0.05) is 13.0 Å². The van der Waals surface area contributed by atoms with E-state index in [4.69, 9.17) is 14.1 Å².